The summed E-state index contributed by atoms with van der Waals surface area (Å²) in [5, 5.41) is 0. The van der Waals surface area contributed by atoms with Gasteiger partial charge in [0.05, 0.1) is 35.5 Å². The summed E-state index contributed by atoms with van der Waals surface area (Å²) in [6.45, 7) is -0.122. The van der Waals surface area contributed by atoms with Gasteiger partial charge in [0, 0.05) is 31.6 Å². The molecule has 4 rings (SSSR count). The number of hydrogen-bond donors (Lipinski definition) is 1. The molecule has 3 aromatic rings. The van der Waals surface area contributed by atoms with E-state index in [0.29, 0.717) is 5.69 Å². The zero-order valence-corrected chi connectivity index (χ0v) is 14.5. The minimum absolute atomic E-state index is 0.0220. The molecule has 5 nitrogen and oxygen atoms in total. The molecule has 1 fully saturated rings. The normalized spacial score (nSPS) is 19.4. The zero-order chi connectivity index (χ0) is 20.1. The van der Waals surface area contributed by atoms with Gasteiger partial charge < -0.3 is 15.2 Å². The molecule has 2 aromatic heterocycles. The van der Waals surface area contributed by atoms with Crippen molar-refractivity contribution in [3.8, 4) is 0 Å². The van der Waals surface area contributed by atoms with E-state index in [1.807, 2.05) is 0 Å². The fraction of sp³-hybridized carbons (Fsp3) is 0.333. The Morgan fingerprint density at radius 2 is 1.89 bits per heavy atom. The Labute approximate surface area is 156 Å². The van der Waals surface area contributed by atoms with Crippen LogP contribution in [0.3, 0.4) is 0 Å². The molecule has 1 atom stereocenters. The first-order valence-corrected chi connectivity index (χ1v) is 8.58. The number of halogens is 5. The molecule has 0 aliphatic carbocycles. The van der Waals surface area contributed by atoms with E-state index in [1.54, 1.807) is 4.90 Å². The van der Waals surface area contributed by atoms with E-state index in [2.05, 4.69) is 9.97 Å². The van der Waals surface area contributed by atoms with Crippen molar-refractivity contribution in [3.05, 3.63) is 53.6 Å². The lowest BCUT2D eigenvalue weighted by atomic mass is 10.0. The monoisotopic (exact) mass is 397 g/mol. The summed E-state index contributed by atoms with van der Waals surface area (Å²) in [7, 11) is 0. The standard InChI is InChI=1S/C18H16F5N5/c19-10-1-2-11(25-7-10)8-28-15-6-13(21)12(20)5-14(15)26-17(28)27-4-3-18(22,23)16(24)9-27/h1-2,5-7,16H,3-4,8-9,24H2. The van der Waals surface area contributed by atoms with Gasteiger partial charge in [0.25, 0.3) is 5.92 Å². The fourth-order valence-electron chi connectivity index (χ4n) is 3.28. The molecule has 0 amide bonds. The molecule has 0 bridgehead atoms. The van der Waals surface area contributed by atoms with Crippen molar-refractivity contribution >= 4 is 17.0 Å². The van der Waals surface area contributed by atoms with Crippen molar-refractivity contribution in [2.45, 2.75) is 24.9 Å². The highest BCUT2D eigenvalue weighted by Gasteiger charge is 2.42. The van der Waals surface area contributed by atoms with Crippen LogP contribution in [0.1, 0.15) is 12.1 Å². The van der Waals surface area contributed by atoms with Gasteiger partial charge in [-0.2, -0.15) is 0 Å². The van der Waals surface area contributed by atoms with Gasteiger partial charge >= 0.3 is 0 Å². The molecule has 3 heterocycles. The largest absolute Gasteiger partial charge is 0.340 e. The molecule has 0 saturated carbocycles. The maximum absolute atomic E-state index is 13.8. The van der Waals surface area contributed by atoms with Gasteiger partial charge in [0.15, 0.2) is 11.6 Å². The topological polar surface area (TPSA) is 60.0 Å². The molecule has 0 radical (unpaired) electrons. The number of imidazole rings is 1. The van der Waals surface area contributed by atoms with E-state index in [-0.39, 0.29) is 36.6 Å². The predicted molar refractivity (Wildman–Crippen MR) is 92.7 cm³/mol. The summed E-state index contributed by atoms with van der Waals surface area (Å²) in [4.78, 5) is 9.84. The number of benzene rings is 1. The number of fused-ring (bicyclic) bond motifs is 1. The van der Waals surface area contributed by atoms with Crippen molar-refractivity contribution in [1.82, 2.24) is 14.5 Å². The van der Waals surface area contributed by atoms with E-state index in [9.17, 15) is 22.0 Å². The molecule has 1 saturated heterocycles. The van der Waals surface area contributed by atoms with Crippen LogP contribution in [0, 0.1) is 17.5 Å². The summed E-state index contributed by atoms with van der Waals surface area (Å²) >= 11 is 0. The minimum Gasteiger partial charge on any atom is -0.340 e. The van der Waals surface area contributed by atoms with Gasteiger partial charge in [-0.1, -0.05) is 0 Å². The Bertz CT molecular complexity index is 1020. The van der Waals surface area contributed by atoms with Crippen LogP contribution in [0.5, 0.6) is 0 Å². The van der Waals surface area contributed by atoms with Gasteiger partial charge in [-0.3, -0.25) is 4.98 Å². The number of nitrogens with zero attached hydrogens (tertiary/aromatic N) is 4. The van der Waals surface area contributed by atoms with Gasteiger partial charge in [-0.25, -0.2) is 26.9 Å². The number of piperidine rings is 1. The van der Waals surface area contributed by atoms with Crippen molar-refractivity contribution in [1.29, 1.82) is 0 Å². The predicted octanol–water partition coefficient (Wildman–Crippen LogP) is 3.07. The zero-order valence-electron chi connectivity index (χ0n) is 14.5. The first-order chi connectivity index (χ1) is 13.2. The summed E-state index contributed by atoms with van der Waals surface area (Å²) in [6.07, 6.45) is 0.570. The average molecular weight is 397 g/mol. The number of anilines is 1. The van der Waals surface area contributed by atoms with Crippen LogP contribution < -0.4 is 10.6 Å². The van der Waals surface area contributed by atoms with Crippen LogP contribution in [0.25, 0.3) is 11.0 Å². The number of rotatable bonds is 3. The average Bonchev–Trinajstić information content (AvgIpc) is 2.97. The fourth-order valence-corrected chi connectivity index (χ4v) is 3.28. The second-order valence-corrected chi connectivity index (χ2v) is 6.78. The Kier molecular flexibility index (Phi) is 4.45. The van der Waals surface area contributed by atoms with Gasteiger partial charge in [0.2, 0.25) is 5.95 Å². The molecule has 1 aromatic carbocycles. The van der Waals surface area contributed by atoms with Crippen LogP contribution in [0.15, 0.2) is 30.5 Å². The summed E-state index contributed by atoms with van der Waals surface area (Å²) < 4.78 is 69.7. The van der Waals surface area contributed by atoms with Gasteiger partial charge in [-0.15, -0.1) is 0 Å². The SMILES string of the molecule is NC1CN(c2nc3cc(F)c(F)cc3n2Cc2ccc(F)cn2)CCC1(F)F. The minimum atomic E-state index is -3.00. The van der Waals surface area contributed by atoms with Crippen molar-refractivity contribution < 1.29 is 22.0 Å². The first kappa shape index (κ1) is 18.6. The maximum Gasteiger partial charge on any atom is 0.266 e. The third-order valence-corrected chi connectivity index (χ3v) is 4.84. The Hall–Kier alpha value is -2.75. The van der Waals surface area contributed by atoms with Crippen molar-refractivity contribution in [2.75, 3.05) is 18.0 Å². The van der Waals surface area contributed by atoms with Gasteiger partial charge in [-0.05, 0) is 12.1 Å². The van der Waals surface area contributed by atoms with Crippen LogP contribution >= 0.6 is 0 Å². The first-order valence-electron chi connectivity index (χ1n) is 8.58. The number of nitrogens with two attached hydrogens (primary N) is 1. The smallest absolute Gasteiger partial charge is 0.266 e. The molecule has 2 N–H and O–H groups in total. The van der Waals surface area contributed by atoms with Crippen molar-refractivity contribution in [3.63, 3.8) is 0 Å². The molecule has 148 valence electrons. The molecule has 28 heavy (non-hydrogen) atoms. The van der Waals surface area contributed by atoms with E-state index < -0.39 is 35.8 Å². The molecule has 10 heteroatoms. The molecule has 1 unspecified atom stereocenters. The molecule has 1 aliphatic heterocycles. The Balaban J connectivity index is 1.79. The summed E-state index contributed by atoms with van der Waals surface area (Å²) in [5.41, 5.74) is 6.48. The lowest BCUT2D eigenvalue weighted by Crippen LogP contribution is -2.55. The Morgan fingerprint density at radius 3 is 2.57 bits per heavy atom. The molecular weight excluding hydrogens is 381 g/mol. The molecular formula is C18H16F5N5. The van der Waals surface area contributed by atoms with Crippen LogP contribution in [-0.2, 0) is 6.54 Å². The number of hydrogen-bond acceptors (Lipinski definition) is 4. The van der Waals surface area contributed by atoms with E-state index in [4.69, 9.17) is 5.73 Å². The second kappa shape index (κ2) is 6.69. The summed E-state index contributed by atoms with van der Waals surface area (Å²) in [6, 6.07) is 3.20. The number of alkyl halides is 2. The number of pyridine rings is 1. The molecule has 1 aliphatic rings. The quantitative estimate of drug-likeness (QED) is 0.691. The van der Waals surface area contributed by atoms with E-state index >= 15 is 0 Å². The number of aromatic nitrogens is 3. The lowest BCUT2D eigenvalue weighted by Gasteiger charge is -2.37. The highest BCUT2D eigenvalue weighted by Crippen LogP contribution is 2.32. The highest BCUT2D eigenvalue weighted by atomic mass is 19.3. The third kappa shape index (κ3) is 3.28. The van der Waals surface area contributed by atoms with Gasteiger partial charge in [0.1, 0.15) is 5.82 Å². The van der Waals surface area contributed by atoms with E-state index in [0.717, 1.165) is 18.3 Å². The molecule has 0 spiro atoms. The second-order valence-electron chi connectivity index (χ2n) is 6.78. The summed E-state index contributed by atoms with van der Waals surface area (Å²) in [5.74, 6) is -5.39. The van der Waals surface area contributed by atoms with Crippen LogP contribution in [0.2, 0.25) is 0 Å². The highest BCUT2D eigenvalue weighted by molar-refractivity contribution is 5.79. The maximum atomic E-state index is 13.8. The third-order valence-electron chi connectivity index (χ3n) is 4.84. The van der Waals surface area contributed by atoms with Crippen molar-refractivity contribution in [2.24, 2.45) is 5.73 Å². The van der Waals surface area contributed by atoms with E-state index in [1.165, 1.54) is 16.7 Å². The van der Waals surface area contributed by atoms with Crippen LogP contribution in [-0.4, -0.2) is 39.6 Å². The van der Waals surface area contributed by atoms with Crippen LogP contribution in [0.4, 0.5) is 27.9 Å². The Morgan fingerprint density at radius 1 is 1.14 bits per heavy atom. The lowest BCUT2D eigenvalue weighted by molar-refractivity contribution is -0.0395.